The van der Waals surface area contributed by atoms with Crippen molar-refractivity contribution in [1.82, 2.24) is 5.32 Å². The van der Waals surface area contributed by atoms with Crippen molar-refractivity contribution in [2.75, 3.05) is 6.61 Å². The molecule has 0 aromatic carbocycles. The van der Waals surface area contributed by atoms with Gasteiger partial charge in [-0.1, -0.05) is 262 Å². The van der Waals surface area contributed by atoms with E-state index in [2.05, 4.69) is 55.6 Å². The van der Waals surface area contributed by atoms with Gasteiger partial charge < -0.3 is 25.7 Å². The number of unbranched alkanes of at least 4 members (excludes halogenated alkanes) is 37. The number of aliphatic hydroxyl groups excluding tert-OH is 4. The Morgan fingerprint density at radius 1 is 0.391 bits per heavy atom. The van der Waals surface area contributed by atoms with E-state index in [-0.39, 0.29) is 0 Å². The topological polar surface area (TPSA) is 110 Å². The van der Waals surface area contributed by atoms with Gasteiger partial charge in [-0.15, -0.1) is 0 Å². The molecule has 5 N–H and O–H groups in total. The minimum absolute atomic E-state index is 0.360. The van der Waals surface area contributed by atoms with Gasteiger partial charge in [0.05, 0.1) is 18.8 Å². The molecular formula is C58H111NO5. The Morgan fingerprint density at radius 3 is 1.03 bits per heavy atom. The summed E-state index contributed by atoms with van der Waals surface area (Å²) in [7, 11) is 0. The number of hydrogen-bond donors (Lipinski definition) is 5. The zero-order chi connectivity index (χ0) is 46.7. The molecule has 378 valence electrons. The third-order valence-corrected chi connectivity index (χ3v) is 13.3. The fourth-order valence-corrected chi connectivity index (χ4v) is 8.85. The first-order chi connectivity index (χ1) is 31.5. The van der Waals surface area contributed by atoms with Crippen molar-refractivity contribution in [3.63, 3.8) is 0 Å². The fraction of sp³-hybridized carbons (Fsp3) is 0.879. The van der Waals surface area contributed by atoms with Gasteiger partial charge >= 0.3 is 0 Å². The second-order valence-electron chi connectivity index (χ2n) is 19.6. The SMILES string of the molecule is CCCCCCCCCCC/C=C\C/C=C\CCCCCCCCCCCCC(O)C(=O)NC(CO)C(O)C(O)CCC/C=C/CCCCCCCCCCCCCCCCCCC. The van der Waals surface area contributed by atoms with Crippen LogP contribution in [0.15, 0.2) is 36.5 Å². The molecule has 6 heteroatoms. The summed E-state index contributed by atoms with van der Waals surface area (Å²) in [5.74, 6) is -0.593. The van der Waals surface area contributed by atoms with Crippen LogP contribution in [0.25, 0.3) is 0 Å². The number of allylic oxidation sites excluding steroid dienone is 6. The predicted octanol–water partition coefficient (Wildman–Crippen LogP) is 16.4. The number of amides is 1. The van der Waals surface area contributed by atoms with Gasteiger partial charge in [0.15, 0.2) is 0 Å². The molecule has 0 rings (SSSR count). The number of aliphatic hydroxyl groups is 4. The summed E-state index contributed by atoms with van der Waals surface area (Å²) in [4.78, 5) is 12.6. The van der Waals surface area contributed by atoms with Gasteiger partial charge in [-0.25, -0.2) is 0 Å². The lowest BCUT2D eigenvalue weighted by Crippen LogP contribution is -2.53. The Morgan fingerprint density at radius 2 is 0.688 bits per heavy atom. The van der Waals surface area contributed by atoms with Crippen LogP contribution in [-0.4, -0.2) is 57.3 Å². The van der Waals surface area contributed by atoms with E-state index in [1.807, 2.05) is 0 Å². The van der Waals surface area contributed by atoms with Gasteiger partial charge in [-0.2, -0.15) is 0 Å². The molecule has 64 heavy (non-hydrogen) atoms. The number of nitrogens with one attached hydrogen (secondary N) is 1. The van der Waals surface area contributed by atoms with Gasteiger partial charge in [0.25, 0.3) is 0 Å². The maximum atomic E-state index is 12.6. The smallest absolute Gasteiger partial charge is 0.249 e. The van der Waals surface area contributed by atoms with Crippen molar-refractivity contribution in [2.24, 2.45) is 0 Å². The molecule has 0 bridgehead atoms. The molecule has 0 radical (unpaired) electrons. The molecule has 0 aliphatic heterocycles. The van der Waals surface area contributed by atoms with Crippen LogP contribution in [0.1, 0.15) is 296 Å². The van der Waals surface area contributed by atoms with E-state index >= 15 is 0 Å². The number of carbonyl (C=O) groups is 1. The molecule has 4 unspecified atom stereocenters. The normalized spacial score (nSPS) is 14.0. The third kappa shape index (κ3) is 45.7. The highest BCUT2D eigenvalue weighted by atomic mass is 16.3. The summed E-state index contributed by atoms with van der Waals surface area (Å²) in [6.07, 6.45) is 65.0. The molecular weight excluding hydrogens is 791 g/mol. The standard InChI is InChI=1S/C58H111NO5/c1-3-5-7-9-11-13-15-17-19-21-23-25-27-28-29-30-32-34-36-38-40-42-44-46-48-50-52-56(62)58(64)59-54(53-60)57(63)55(61)51-49-47-45-43-41-39-37-35-33-31-26-24-22-20-18-16-14-12-10-8-6-4-2/h23,25,28-29,43,45,54-57,60-63H,3-22,24,26-27,30-42,44,46-53H2,1-2H3,(H,59,64)/b25-23-,29-28-,45-43+. The van der Waals surface area contributed by atoms with E-state index in [1.54, 1.807) is 0 Å². The van der Waals surface area contributed by atoms with E-state index in [4.69, 9.17) is 0 Å². The summed E-state index contributed by atoms with van der Waals surface area (Å²) < 4.78 is 0. The van der Waals surface area contributed by atoms with Crippen LogP contribution in [0.3, 0.4) is 0 Å². The third-order valence-electron chi connectivity index (χ3n) is 13.3. The Hall–Kier alpha value is -1.47. The molecule has 0 saturated heterocycles. The maximum Gasteiger partial charge on any atom is 0.249 e. The molecule has 0 fully saturated rings. The molecule has 0 aromatic heterocycles. The van der Waals surface area contributed by atoms with E-state index in [0.717, 1.165) is 44.9 Å². The first kappa shape index (κ1) is 62.5. The molecule has 0 heterocycles. The van der Waals surface area contributed by atoms with Gasteiger partial charge in [-0.05, 0) is 70.6 Å². The molecule has 0 aromatic rings. The summed E-state index contributed by atoms with van der Waals surface area (Å²) >= 11 is 0. The maximum absolute atomic E-state index is 12.6. The van der Waals surface area contributed by atoms with Crippen LogP contribution in [0.2, 0.25) is 0 Å². The largest absolute Gasteiger partial charge is 0.394 e. The predicted molar refractivity (Wildman–Crippen MR) is 279 cm³/mol. The van der Waals surface area contributed by atoms with Crippen molar-refractivity contribution < 1.29 is 25.2 Å². The molecule has 6 nitrogen and oxygen atoms in total. The second-order valence-corrected chi connectivity index (χ2v) is 19.6. The van der Waals surface area contributed by atoms with E-state index in [1.165, 1.54) is 225 Å². The Labute approximate surface area is 398 Å². The number of carbonyl (C=O) groups excluding carboxylic acids is 1. The molecule has 0 saturated carbocycles. The van der Waals surface area contributed by atoms with Crippen LogP contribution < -0.4 is 5.32 Å². The quantitative estimate of drug-likeness (QED) is 0.0309. The highest BCUT2D eigenvalue weighted by Crippen LogP contribution is 2.17. The highest BCUT2D eigenvalue weighted by Gasteiger charge is 2.28. The monoisotopic (exact) mass is 902 g/mol. The second kappa shape index (κ2) is 52.5. The summed E-state index contributed by atoms with van der Waals surface area (Å²) in [5.41, 5.74) is 0. The zero-order valence-corrected chi connectivity index (χ0v) is 42.8. The van der Waals surface area contributed by atoms with Crippen molar-refractivity contribution in [2.45, 2.75) is 321 Å². The lowest BCUT2D eigenvalue weighted by molar-refractivity contribution is -0.132. The van der Waals surface area contributed by atoms with Crippen LogP contribution in [0.4, 0.5) is 0 Å². The van der Waals surface area contributed by atoms with Gasteiger partial charge in [0.2, 0.25) is 5.91 Å². The molecule has 1 amide bonds. The lowest BCUT2D eigenvalue weighted by Gasteiger charge is -2.27. The molecule has 0 spiro atoms. The number of hydrogen-bond acceptors (Lipinski definition) is 5. The van der Waals surface area contributed by atoms with Crippen LogP contribution >= 0.6 is 0 Å². The van der Waals surface area contributed by atoms with E-state index < -0.39 is 36.9 Å². The summed E-state index contributed by atoms with van der Waals surface area (Å²) in [6, 6.07) is -1.00. The van der Waals surface area contributed by atoms with Crippen LogP contribution in [-0.2, 0) is 4.79 Å². The minimum Gasteiger partial charge on any atom is -0.394 e. The summed E-state index contributed by atoms with van der Waals surface area (Å²) in [5, 5.41) is 44.0. The first-order valence-corrected chi connectivity index (χ1v) is 28.4. The highest BCUT2D eigenvalue weighted by molar-refractivity contribution is 5.80. The molecule has 0 aliphatic rings. The summed E-state index contributed by atoms with van der Waals surface area (Å²) in [6.45, 7) is 4.07. The Bertz CT molecular complexity index is 1010. The van der Waals surface area contributed by atoms with Gasteiger partial charge in [0.1, 0.15) is 12.2 Å². The van der Waals surface area contributed by atoms with Gasteiger partial charge in [-0.3, -0.25) is 4.79 Å². The van der Waals surface area contributed by atoms with Crippen LogP contribution in [0, 0.1) is 0 Å². The van der Waals surface area contributed by atoms with E-state index in [0.29, 0.717) is 12.8 Å². The first-order valence-electron chi connectivity index (χ1n) is 28.4. The van der Waals surface area contributed by atoms with Crippen LogP contribution in [0.5, 0.6) is 0 Å². The average molecular weight is 903 g/mol. The lowest BCUT2D eigenvalue weighted by atomic mass is 10.00. The Balaban J connectivity index is 3.67. The molecule has 4 atom stereocenters. The zero-order valence-electron chi connectivity index (χ0n) is 42.8. The van der Waals surface area contributed by atoms with Crippen molar-refractivity contribution >= 4 is 5.91 Å². The van der Waals surface area contributed by atoms with Gasteiger partial charge in [0, 0.05) is 0 Å². The fourth-order valence-electron chi connectivity index (χ4n) is 8.85. The Kier molecular flexibility index (Phi) is 51.3. The average Bonchev–Trinajstić information content (AvgIpc) is 3.30. The van der Waals surface area contributed by atoms with Crippen molar-refractivity contribution in [1.29, 1.82) is 0 Å². The van der Waals surface area contributed by atoms with Crippen molar-refractivity contribution in [3.8, 4) is 0 Å². The molecule has 0 aliphatic carbocycles. The minimum atomic E-state index is -1.28. The number of rotatable bonds is 52. The van der Waals surface area contributed by atoms with E-state index in [9.17, 15) is 25.2 Å². The van der Waals surface area contributed by atoms with Crippen molar-refractivity contribution in [3.05, 3.63) is 36.5 Å².